The number of halogens is 2. The molecule has 0 radical (unpaired) electrons. The van der Waals surface area contributed by atoms with Gasteiger partial charge in [-0.15, -0.1) is 6.58 Å². The van der Waals surface area contributed by atoms with E-state index in [2.05, 4.69) is 48.7 Å². The number of aromatic nitrogens is 2. The third kappa shape index (κ3) is 2.98. The van der Waals surface area contributed by atoms with Gasteiger partial charge in [-0.1, -0.05) is 22.0 Å². The average molecular weight is 357 g/mol. The van der Waals surface area contributed by atoms with Crippen molar-refractivity contribution in [3.8, 4) is 0 Å². The number of nitrogens with zero attached hydrogens (tertiary/aromatic N) is 2. The van der Waals surface area contributed by atoms with Gasteiger partial charge in [0.05, 0.1) is 5.69 Å². The van der Waals surface area contributed by atoms with Crippen molar-refractivity contribution in [2.45, 2.75) is 6.54 Å². The van der Waals surface area contributed by atoms with Gasteiger partial charge in [0.1, 0.15) is 0 Å². The Balaban J connectivity index is 2.27. The monoisotopic (exact) mass is 355 g/mol. The summed E-state index contributed by atoms with van der Waals surface area (Å²) in [5, 5.41) is 3.27. The highest BCUT2D eigenvalue weighted by Crippen LogP contribution is 2.28. The lowest BCUT2D eigenvalue weighted by atomic mass is 10.3. The lowest BCUT2D eigenvalue weighted by Crippen LogP contribution is -2.02. The highest BCUT2D eigenvalue weighted by Gasteiger charge is 2.05. The Bertz CT molecular complexity index is 534. The smallest absolute Gasteiger partial charge is 0.207 e. The third-order valence-electron chi connectivity index (χ3n) is 2.22. The molecule has 0 amide bonds. The van der Waals surface area contributed by atoms with Crippen molar-refractivity contribution in [2.24, 2.45) is 0 Å². The van der Waals surface area contributed by atoms with Crippen molar-refractivity contribution in [3.63, 3.8) is 0 Å². The minimum Gasteiger partial charge on any atom is -0.325 e. The Morgan fingerprint density at radius 2 is 2.24 bits per heavy atom. The fourth-order valence-corrected chi connectivity index (χ4v) is 2.14. The van der Waals surface area contributed by atoms with Gasteiger partial charge in [-0.3, -0.25) is 0 Å². The van der Waals surface area contributed by atoms with Crippen LogP contribution in [0.2, 0.25) is 0 Å². The molecule has 0 fully saturated rings. The molecule has 0 aliphatic heterocycles. The molecular formula is C12H11Br2N3. The molecule has 0 atom stereocenters. The van der Waals surface area contributed by atoms with Gasteiger partial charge in [0, 0.05) is 27.9 Å². The molecule has 0 spiro atoms. The molecule has 0 aliphatic carbocycles. The molecule has 0 saturated carbocycles. The zero-order valence-electron chi connectivity index (χ0n) is 9.03. The first-order chi connectivity index (χ1) is 8.20. The summed E-state index contributed by atoms with van der Waals surface area (Å²) in [6.45, 7) is 4.45. The average Bonchev–Trinajstić information content (AvgIpc) is 2.72. The maximum atomic E-state index is 4.27. The van der Waals surface area contributed by atoms with Gasteiger partial charge < -0.3 is 9.88 Å². The summed E-state index contributed by atoms with van der Waals surface area (Å²) in [5.74, 6) is 0.795. The van der Waals surface area contributed by atoms with E-state index in [1.807, 2.05) is 35.0 Å². The maximum absolute atomic E-state index is 4.27. The summed E-state index contributed by atoms with van der Waals surface area (Å²) in [5.41, 5.74) is 0.968. The number of benzene rings is 1. The zero-order valence-corrected chi connectivity index (χ0v) is 12.2. The van der Waals surface area contributed by atoms with Crippen LogP contribution < -0.4 is 5.32 Å². The standard InChI is InChI=1S/C12H11Br2N3/c1-2-6-17-7-5-15-12(17)16-11-8-9(13)3-4-10(11)14/h2-5,7-8H,1,6H2,(H,15,16). The minimum atomic E-state index is 0.730. The van der Waals surface area contributed by atoms with Crippen LogP contribution in [0.4, 0.5) is 11.6 Å². The second-order valence-electron chi connectivity index (χ2n) is 3.44. The quantitative estimate of drug-likeness (QED) is 0.826. The molecule has 1 N–H and O–H groups in total. The molecule has 2 rings (SSSR count). The summed E-state index contributed by atoms with van der Waals surface area (Å²) >= 11 is 6.94. The van der Waals surface area contributed by atoms with Crippen LogP contribution in [0.5, 0.6) is 0 Å². The molecule has 0 aliphatic rings. The predicted octanol–water partition coefficient (Wildman–Crippen LogP) is 4.34. The minimum absolute atomic E-state index is 0.730. The molecule has 1 heterocycles. The normalized spacial score (nSPS) is 10.2. The van der Waals surface area contributed by atoms with Gasteiger partial charge >= 0.3 is 0 Å². The lowest BCUT2D eigenvalue weighted by Gasteiger charge is -2.10. The molecule has 1 aromatic heterocycles. The van der Waals surface area contributed by atoms with Crippen molar-refractivity contribution in [2.75, 3.05) is 5.32 Å². The Kier molecular flexibility index (Phi) is 4.02. The molecule has 88 valence electrons. The highest BCUT2D eigenvalue weighted by molar-refractivity contribution is 9.11. The number of rotatable bonds is 4. The van der Waals surface area contributed by atoms with Crippen LogP contribution in [0.1, 0.15) is 0 Å². The van der Waals surface area contributed by atoms with Crippen LogP contribution in [0.15, 0.2) is 52.2 Å². The number of imidazole rings is 1. The first-order valence-corrected chi connectivity index (χ1v) is 6.63. The van der Waals surface area contributed by atoms with E-state index in [1.165, 1.54) is 0 Å². The Morgan fingerprint density at radius 1 is 1.41 bits per heavy atom. The van der Waals surface area contributed by atoms with E-state index in [1.54, 1.807) is 6.20 Å². The molecule has 5 heteroatoms. The Labute approximate surface area is 117 Å². The summed E-state index contributed by atoms with van der Waals surface area (Å²) in [6.07, 6.45) is 5.51. The SMILES string of the molecule is C=CCn1ccnc1Nc1cc(Br)ccc1Br. The summed E-state index contributed by atoms with van der Waals surface area (Å²) in [6, 6.07) is 5.95. The van der Waals surface area contributed by atoms with Gasteiger partial charge in [-0.2, -0.15) is 0 Å². The fourth-order valence-electron chi connectivity index (χ4n) is 1.43. The van der Waals surface area contributed by atoms with Crippen LogP contribution in [0.25, 0.3) is 0 Å². The van der Waals surface area contributed by atoms with E-state index >= 15 is 0 Å². The summed E-state index contributed by atoms with van der Waals surface area (Å²) in [7, 11) is 0. The molecule has 0 unspecified atom stereocenters. The van der Waals surface area contributed by atoms with Gasteiger partial charge in [0.25, 0.3) is 0 Å². The number of allylic oxidation sites excluding steroid dienone is 1. The van der Waals surface area contributed by atoms with E-state index in [0.29, 0.717) is 0 Å². The number of nitrogens with one attached hydrogen (secondary N) is 1. The molecule has 17 heavy (non-hydrogen) atoms. The van der Waals surface area contributed by atoms with Crippen LogP contribution in [-0.2, 0) is 6.54 Å². The Morgan fingerprint density at radius 3 is 3.00 bits per heavy atom. The van der Waals surface area contributed by atoms with Gasteiger partial charge in [-0.25, -0.2) is 4.98 Å². The maximum Gasteiger partial charge on any atom is 0.207 e. The predicted molar refractivity (Wildman–Crippen MR) is 77.5 cm³/mol. The third-order valence-corrected chi connectivity index (χ3v) is 3.40. The van der Waals surface area contributed by atoms with Gasteiger partial charge in [-0.05, 0) is 34.1 Å². The van der Waals surface area contributed by atoms with Crippen molar-refractivity contribution in [3.05, 3.63) is 52.2 Å². The van der Waals surface area contributed by atoms with Crippen molar-refractivity contribution in [1.82, 2.24) is 9.55 Å². The van der Waals surface area contributed by atoms with E-state index < -0.39 is 0 Å². The first kappa shape index (κ1) is 12.4. The summed E-state index contributed by atoms with van der Waals surface area (Å²) < 4.78 is 4.00. The van der Waals surface area contributed by atoms with E-state index in [9.17, 15) is 0 Å². The lowest BCUT2D eigenvalue weighted by molar-refractivity contribution is 0.833. The van der Waals surface area contributed by atoms with E-state index in [4.69, 9.17) is 0 Å². The molecule has 1 aromatic carbocycles. The summed E-state index contributed by atoms with van der Waals surface area (Å²) in [4.78, 5) is 4.27. The van der Waals surface area contributed by atoms with Crippen molar-refractivity contribution >= 4 is 43.5 Å². The van der Waals surface area contributed by atoms with Crippen LogP contribution in [0.3, 0.4) is 0 Å². The zero-order chi connectivity index (χ0) is 12.3. The van der Waals surface area contributed by atoms with Gasteiger partial charge in [0.2, 0.25) is 5.95 Å². The topological polar surface area (TPSA) is 29.9 Å². The second-order valence-corrected chi connectivity index (χ2v) is 5.21. The van der Waals surface area contributed by atoms with Gasteiger partial charge in [0.15, 0.2) is 0 Å². The highest BCUT2D eigenvalue weighted by atomic mass is 79.9. The van der Waals surface area contributed by atoms with Crippen molar-refractivity contribution in [1.29, 1.82) is 0 Å². The van der Waals surface area contributed by atoms with Crippen LogP contribution in [-0.4, -0.2) is 9.55 Å². The molecule has 2 aromatic rings. The molecule has 3 nitrogen and oxygen atoms in total. The number of hydrogen-bond acceptors (Lipinski definition) is 2. The van der Waals surface area contributed by atoms with Crippen LogP contribution >= 0.6 is 31.9 Å². The largest absolute Gasteiger partial charge is 0.325 e. The second kappa shape index (κ2) is 5.51. The number of hydrogen-bond donors (Lipinski definition) is 1. The molecule has 0 bridgehead atoms. The van der Waals surface area contributed by atoms with Crippen molar-refractivity contribution < 1.29 is 0 Å². The number of anilines is 2. The molecular weight excluding hydrogens is 346 g/mol. The van der Waals surface area contributed by atoms with E-state index in [-0.39, 0.29) is 0 Å². The van der Waals surface area contributed by atoms with E-state index in [0.717, 1.165) is 27.1 Å². The fraction of sp³-hybridized carbons (Fsp3) is 0.0833. The molecule has 0 saturated heterocycles. The first-order valence-electron chi connectivity index (χ1n) is 5.05. The van der Waals surface area contributed by atoms with Crippen LogP contribution in [0, 0.1) is 0 Å². The Hall–Kier alpha value is -1.07.